The normalized spacial score (nSPS) is 9.94. The summed E-state index contributed by atoms with van der Waals surface area (Å²) in [5, 5.41) is 0. The molecule has 0 fully saturated rings. The maximum Gasteiger partial charge on any atom is 0.313 e. The van der Waals surface area contributed by atoms with Crippen molar-refractivity contribution >= 4 is 11.8 Å². The molecule has 4 heteroatoms. The lowest BCUT2D eigenvalue weighted by Crippen LogP contribution is -2.10. The van der Waals surface area contributed by atoms with Gasteiger partial charge in [-0.2, -0.15) is 0 Å². The van der Waals surface area contributed by atoms with Crippen molar-refractivity contribution in [3.05, 3.63) is 29.3 Å². The van der Waals surface area contributed by atoms with Crippen molar-refractivity contribution in [3.8, 4) is 5.75 Å². The Morgan fingerprint density at radius 2 is 1.94 bits per heavy atom. The van der Waals surface area contributed by atoms with E-state index in [4.69, 9.17) is 4.74 Å². The molecule has 0 heterocycles. The molecule has 0 aliphatic rings. The van der Waals surface area contributed by atoms with E-state index in [9.17, 15) is 9.59 Å². The van der Waals surface area contributed by atoms with Crippen molar-refractivity contribution in [3.63, 3.8) is 0 Å². The SMILES string of the molecule is COC(=O)CC(=O)CCc1cc(OC)ccc1C. The lowest BCUT2D eigenvalue weighted by Gasteiger charge is -2.07. The molecule has 0 radical (unpaired) electrons. The van der Waals surface area contributed by atoms with Crippen LogP contribution in [0.4, 0.5) is 0 Å². The highest BCUT2D eigenvalue weighted by Gasteiger charge is 2.10. The molecule has 0 atom stereocenters. The summed E-state index contributed by atoms with van der Waals surface area (Å²) >= 11 is 0. The van der Waals surface area contributed by atoms with Crippen LogP contribution < -0.4 is 4.74 Å². The largest absolute Gasteiger partial charge is 0.497 e. The molecule has 1 aromatic carbocycles. The fraction of sp³-hybridized carbons (Fsp3) is 0.429. The van der Waals surface area contributed by atoms with Crippen molar-refractivity contribution in [2.24, 2.45) is 0 Å². The number of esters is 1. The number of aryl methyl sites for hydroxylation is 2. The standard InChI is InChI=1S/C14H18O4/c1-10-4-7-13(17-2)8-11(10)5-6-12(15)9-14(16)18-3/h4,7-8H,5-6,9H2,1-3H3. The number of benzene rings is 1. The number of rotatable bonds is 6. The summed E-state index contributed by atoms with van der Waals surface area (Å²) in [4.78, 5) is 22.5. The maximum absolute atomic E-state index is 11.5. The Hall–Kier alpha value is -1.84. The number of hydrogen-bond donors (Lipinski definition) is 0. The smallest absolute Gasteiger partial charge is 0.313 e. The lowest BCUT2D eigenvalue weighted by molar-refractivity contribution is -0.143. The molecule has 18 heavy (non-hydrogen) atoms. The van der Waals surface area contributed by atoms with Gasteiger partial charge in [-0.1, -0.05) is 6.07 Å². The summed E-state index contributed by atoms with van der Waals surface area (Å²) in [5.74, 6) is 0.183. The van der Waals surface area contributed by atoms with Crippen LogP contribution in [0.1, 0.15) is 24.0 Å². The number of ether oxygens (including phenoxy) is 2. The third kappa shape index (κ3) is 4.20. The van der Waals surface area contributed by atoms with Crippen LogP contribution in [0.3, 0.4) is 0 Å². The van der Waals surface area contributed by atoms with Crippen molar-refractivity contribution in [1.29, 1.82) is 0 Å². The summed E-state index contributed by atoms with van der Waals surface area (Å²) in [6, 6.07) is 5.76. The van der Waals surface area contributed by atoms with Gasteiger partial charge in [0.05, 0.1) is 14.2 Å². The van der Waals surface area contributed by atoms with Gasteiger partial charge < -0.3 is 9.47 Å². The molecule has 0 bridgehead atoms. The number of carbonyl (C=O) groups is 2. The number of carbonyl (C=O) groups excluding carboxylic acids is 2. The van der Waals surface area contributed by atoms with Crippen LogP contribution in [0.25, 0.3) is 0 Å². The third-order valence-electron chi connectivity index (χ3n) is 2.80. The van der Waals surface area contributed by atoms with Crippen LogP contribution in [0, 0.1) is 6.92 Å². The van der Waals surface area contributed by atoms with Gasteiger partial charge in [0.1, 0.15) is 18.0 Å². The Kier molecular flexibility index (Phi) is 5.36. The van der Waals surface area contributed by atoms with Crippen LogP contribution in [0.15, 0.2) is 18.2 Å². The molecule has 0 aliphatic carbocycles. The van der Waals surface area contributed by atoms with E-state index in [-0.39, 0.29) is 12.2 Å². The van der Waals surface area contributed by atoms with Gasteiger partial charge in [-0.25, -0.2) is 0 Å². The highest BCUT2D eigenvalue weighted by Crippen LogP contribution is 2.18. The van der Waals surface area contributed by atoms with Gasteiger partial charge in [-0.05, 0) is 36.6 Å². The van der Waals surface area contributed by atoms with E-state index in [2.05, 4.69) is 4.74 Å². The van der Waals surface area contributed by atoms with E-state index in [1.165, 1.54) is 7.11 Å². The topological polar surface area (TPSA) is 52.6 Å². The highest BCUT2D eigenvalue weighted by atomic mass is 16.5. The fourth-order valence-electron chi connectivity index (χ4n) is 1.64. The molecule has 1 aromatic rings. The predicted octanol–water partition coefficient (Wildman–Crippen LogP) is 2.07. The van der Waals surface area contributed by atoms with Crippen molar-refractivity contribution in [2.45, 2.75) is 26.2 Å². The number of hydrogen-bond acceptors (Lipinski definition) is 4. The van der Waals surface area contributed by atoms with Gasteiger partial charge in [-0.3, -0.25) is 9.59 Å². The van der Waals surface area contributed by atoms with Crippen LogP contribution in [-0.4, -0.2) is 26.0 Å². The molecule has 0 N–H and O–H groups in total. The molecule has 0 unspecified atom stereocenters. The highest BCUT2D eigenvalue weighted by molar-refractivity contribution is 5.95. The van der Waals surface area contributed by atoms with Gasteiger partial charge in [0.15, 0.2) is 0 Å². The number of ketones is 1. The summed E-state index contributed by atoms with van der Waals surface area (Å²) in [6.07, 6.45) is 0.793. The average molecular weight is 250 g/mol. The van der Waals surface area contributed by atoms with E-state index in [1.807, 2.05) is 25.1 Å². The first-order valence-corrected chi connectivity index (χ1v) is 5.79. The van der Waals surface area contributed by atoms with Crippen molar-refractivity contribution < 1.29 is 19.1 Å². The van der Waals surface area contributed by atoms with Gasteiger partial charge >= 0.3 is 5.97 Å². The Bertz CT molecular complexity index is 437. The molecule has 98 valence electrons. The second-order valence-electron chi connectivity index (χ2n) is 4.08. The summed E-state index contributed by atoms with van der Waals surface area (Å²) in [5.41, 5.74) is 2.18. The second kappa shape index (κ2) is 6.79. The summed E-state index contributed by atoms with van der Waals surface area (Å²) < 4.78 is 9.59. The van der Waals surface area contributed by atoms with Crippen LogP contribution in [-0.2, 0) is 20.7 Å². The Morgan fingerprint density at radius 1 is 1.22 bits per heavy atom. The molecule has 0 spiro atoms. The minimum absolute atomic E-state index is 0.107. The first-order chi connectivity index (χ1) is 8.56. The Labute approximate surface area is 107 Å². The van der Waals surface area contributed by atoms with Crippen LogP contribution in [0.2, 0.25) is 0 Å². The van der Waals surface area contributed by atoms with E-state index in [1.54, 1.807) is 7.11 Å². The average Bonchev–Trinajstić information content (AvgIpc) is 2.37. The van der Waals surface area contributed by atoms with E-state index in [0.717, 1.165) is 16.9 Å². The zero-order valence-electron chi connectivity index (χ0n) is 11.0. The third-order valence-corrected chi connectivity index (χ3v) is 2.80. The molecule has 4 nitrogen and oxygen atoms in total. The summed E-state index contributed by atoms with van der Waals surface area (Å²) in [7, 11) is 2.89. The van der Waals surface area contributed by atoms with Gasteiger partial charge in [0, 0.05) is 6.42 Å². The molecule has 0 amide bonds. The van der Waals surface area contributed by atoms with E-state index >= 15 is 0 Å². The molecule has 0 saturated heterocycles. The van der Waals surface area contributed by atoms with Gasteiger partial charge in [-0.15, -0.1) is 0 Å². The molecular weight excluding hydrogens is 232 g/mol. The van der Waals surface area contributed by atoms with Crippen molar-refractivity contribution in [2.75, 3.05) is 14.2 Å². The Morgan fingerprint density at radius 3 is 2.56 bits per heavy atom. The molecule has 0 saturated carbocycles. The van der Waals surface area contributed by atoms with Crippen LogP contribution >= 0.6 is 0 Å². The van der Waals surface area contributed by atoms with Crippen LogP contribution in [0.5, 0.6) is 5.75 Å². The Balaban J connectivity index is 2.57. The monoisotopic (exact) mass is 250 g/mol. The van der Waals surface area contributed by atoms with E-state index in [0.29, 0.717) is 12.8 Å². The number of methoxy groups -OCH3 is 2. The summed E-state index contributed by atoms with van der Waals surface area (Å²) in [6.45, 7) is 1.99. The number of Topliss-reactive ketones (excluding diaryl/α,β-unsaturated/α-hetero) is 1. The molecule has 1 rings (SSSR count). The van der Waals surface area contributed by atoms with E-state index < -0.39 is 5.97 Å². The lowest BCUT2D eigenvalue weighted by atomic mass is 10.0. The predicted molar refractivity (Wildman–Crippen MR) is 67.7 cm³/mol. The van der Waals surface area contributed by atoms with Gasteiger partial charge in [0.25, 0.3) is 0 Å². The molecule has 0 aromatic heterocycles. The molecule has 0 aliphatic heterocycles. The van der Waals surface area contributed by atoms with Gasteiger partial charge in [0.2, 0.25) is 0 Å². The zero-order chi connectivity index (χ0) is 13.5. The molecular formula is C14H18O4. The second-order valence-corrected chi connectivity index (χ2v) is 4.08. The quantitative estimate of drug-likeness (QED) is 0.573. The minimum atomic E-state index is -0.484. The first-order valence-electron chi connectivity index (χ1n) is 5.79. The maximum atomic E-state index is 11.5. The fourth-order valence-corrected chi connectivity index (χ4v) is 1.64. The zero-order valence-corrected chi connectivity index (χ0v) is 11.0. The first kappa shape index (κ1) is 14.2. The minimum Gasteiger partial charge on any atom is -0.497 e. The van der Waals surface area contributed by atoms with Crippen molar-refractivity contribution in [1.82, 2.24) is 0 Å².